The molecule has 0 saturated heterocycles. The van der Waals surface area contributed by atoms with Gasteiger partial charge in [0, 0.05) is 30.6 Å². The number of thioether (sulfide) groups is 1. The van der Waals surface area contributed by atoms with Crippen LogP contribution in [-0.2, 0) is 15.3 Å². The van der Waals surface area contributed by atoms with Gasteiger partial charge < -0.3 is 10.4 Å². The predicted molar refractivity (Wildman–Crippen MR) is 74.5 cm³/mol. The maximum atomic E-state index is 10.9. The van der Waals surface area contributed by atoms with Gasteiger partial charge in [0.05, 0.1) is 4.92 Å². The van der Waals surface area contributed by atoms with E-state index in [1.807, 2.05) is 0 Å². The zero-order valence-electron chi connectivity index (χ0n) is 10.7. The molecule has 0 bridgehead atoms. The second kappa shape index (κ2) is 7.49. The van der Waals surface area contributed by atoms with Crippen LogP contribution >= 0.6 is 11.8 Å². The molecule has 0 spiro atoms. The number of non-ortho nitro benzene ring substituents is 1. The number of nitro groups is 1. The summed E-state index contributed by atoms with van der Waals surface area (Å²) >= 11 is 1.33. The van der Waals surface area contributed by atoms with Crippen LogP contribution in [0.2, 0.25) is 0 Å². The third-order valence-corrected chi connectivity index (χ3v) is 3.48. The quantitative estimate of drug-likeness (QED) is 0.582. The van der Waals surface area contributed by atoms with Crippen LogP contribution in [0.1, 0.15) is 12.5 Å². The molecule has 0 aliphatic heterocycles. The van der Waals surface area contributed by atoms with Crippen molar-refractivity contribution < 1.29 is 19.6 Å². The number of rotatable bonds is 7. The first-order chi connectivity index (χ1) is 9.40. The van der Waals surface area contributed by atoms with Crippen molar-refractivity contribution in [2.24, 2.45) is 0 Å². The minimum absolute atomic E-state index is 0.0143. The summed E-state index contributed by atoms with van der Waals surface area (Å²) in [6, 6.07) is 5.12. The summed E-state index contributed by atoms with van der Waals surface area (Å²) in [4.78, 5) is 31.7. The van der Waals surface area contributed by atoms with E-state index in [1.54, 1.807) is 12.1 Å². The molecule has 0 fully saturated rings. The first-order valence-electron chi connectivity index (χ1n) is 5.71. The fourth-order valence-electron chi connectivity index (χ4n) is 1.43. The summed E-state index contributed by atoms with van der Waals surface area (Å²) in [5, 5.41) is 21.7. The number of benzene rings is 1. The van der Waals surface area contributed by atoms with Crippen LogP contribution in [0.25, 0.3) is 0 Å². The molecule has 108 valence electrons. The molecule has 8 heteroatoms. The molecular formula is C12H14N2O5S. The first-order valence-corrected chi connectivity index (χ1v) is 6.86. The Labute approximate surface area is 119 Å². The standard InChI is InChI=1S/C12H14N2O5S/c1-8(15)13-11(12(16)17)7-20-6-9-2-4-10(5-3-9)14(18)19/h2-5,11H,6-7H2,1H3,(H,13,15)(H,16,17)/t11-/m1/s1. The lowest BCUT2D eigenvalue weighted by Crippen LogP contribution is -2.41. The smallest absolute Gasteiger partial charge is 0.327 e. The van der Waals surface area contributed by atoms with Crippen molar-refractivity contribution in [1.29, 1.82) is 0 Å². The number of hydrogen-bond acceptors (Lipinski definition) is 5. The summed E-state index contributed by atoms with van der Waals surface area (Å²) in [5.41, 5.74) is 0.868. The average molecular weight is 298 g/mol. The summed E-state index contributed by atoms with van der Waals surface area (Å²) < 4.78 is 0. The molecule has 0 aliphatic rings. The van der Waals surface area contributed by atoms with Crippen molar-refractivity contribution in [3.05, 3.63) is 39.9 Å². The van der Waals surface area contributed by atoms with Crippen LogP contribution in [0.3, 0.4) is 0 Å². The highest BCUT2D eigenvalue weighted by Gasteiger charge is 2.18. The number of amides is 1. The van der Waals surface area contributed by atoms with Crippen LogP contribution in [0.5, 0.6) is 0 Å². The highest BCUT2D eigenvalue weighted by Crippen LogP contribution is 2.17. The Morgan fingerprint density at radius 2 is 2.00 bits per heavy atom. The molecule has 1 rings (SSSR count). The van der Waals surface area contributed by atoms with Crippen molar-refractivity contribution in [2.75, 3.05) is 5.75 Å². The lowest BCUT2D eigenvalue weighted by molar-refractivity contribution is -0.384. The molecule has 0 radical (unpaired) electrons. The van der Waals surface area contributed by atoms with Gasteiger partial charge >= 0.3 is 5.97 Å². The normalized spacial score (nSPS) is 11.7. The summed E-state index contributed by atoms with van der Waals surface area (Å²) in [7, 11) is 0. The van der Waals surface area contributed by atoms with Gasteiger partial charge in [0.2, 0.25) is 5.91 Å². The van der Waals surface area contributed by atoms with Gasteiger partial charge in [-0.2, -0.15) is 11.8 Å². The van der Waals surface area contributed by atoms with Gasteiger partial charge in [0.15, 0.2) is 0 Å². The molecule has 0 heterocycles. The Kier molecular flexibility index (Phi) is 5.98. The topological polar surface area (TPSA) is 110 Å². The van der Waals surface area contributed by atoms with Crippen molar-refractivity contribution in [2.45, 2.75) is 18.7 Å². The molecule has 20 heavy (non-hydrogen) atoms. The number of carboxylic acids is 1. The zero-order valence-corrected chi connectivity index (χ0v) is 11.6. The van der Waals surface area contributed by atoms with E-state index >= 15 is 0 Å². The number of carbonyl (C=O) groups is 2. The van der Waals surface area contributed by atoms with Gasteiger partial charge in [-0.1, -0.05) is 12.1 Å². The molecule has 1 aromatic rings. The Morgan fingerprint density at radius 3 is 2.45 bits per heavy atom. The number of nitro benzene ring substituents is 1. The van der Waals surface area contributed by atoms with Crippen molar-refractivity contribution in [1.82, 2.24) is 5.32 Å². The van der Waals surface area contributed by atoms with E-state index < -0.39 is 22.8 Å². The Balaban J connectivity index is 2.48. The van der Waals surface area contributed by atoms with Crippen molar-refractivity contribution in [3.63, 3.8) is 0 Å². The van der Waals surface area contributed by atoms with Crippen molar-refractivity contribution >= 4 is 29.3 Å². The molecular weight excluding hydrogens is 284 g/mol. The third kappa shape index (κ3) is 5.27. The maximum Gasteiger partial charge on any atom is 0.327 e. The van der Waals surface area contributed by atoms with E-state index in [2.05, 4.69) is 5.32 Å². The monoisotopic (exact) mass is 298 g/mol. The number of nitrogens with one attached hydrogen (secondary N) is 1. The van der Waals surface area contributed by atoms with Gasteiger partial charge in [0.1, 0.15) is 6.04 Å². The maximum absolute atomic E-state index is 10.9. The fourth-order valence-corrected chi connectivity index (χ4v) is 2.44. The predicted octanol–water partition coefficient (Wildman–Crippen LogP) is 1.42. The number of hydrogen-bond donors (Lipinski definition) is 2. The second-order valence-corrected chi connectivity index (χ2v) is 5.06. The number of aliphatic carboxylic acids is 1. The molecule has 7 nitrogen and oxygen atoms in total. The van der Waals surface area contributed by atoms with Gasteiger partial charge in [-0.3, -0.25) is 14.9 Å². The number of carbonyl (C=O) groups excluding carboxylic acids is 1. The van der Waals surface area contributed by atoms with Gasteiger partial charge in [-0.25, -0.2) is 4.79 Å². The highest BCUT2D eigenvalue weighted by atomic mass is 32.2. The molecule has 1 atom stereocenters. The SMILES string of the molecule is CC(=O)N[C@H](CSCc1ccc([N+](=O)[O-])cc1)C(=O)O. The van der Waals surface area contributed by atoms with E-state index in [1.165, 1.54) is 30.8 Å². The molecule has 0 unspecified atom stereocenters. The molecule has 2 N–H and O–H groups in total. The van der Waals surface area contributed by atoms with Gasteiger partial charge in [-0.15, -0.1) is 0 Å². The number of nitrogens with zero attached hydrogens (tertiary/aromatic N) is 1. The highest BCUT2D eigenvalue weighted by molar-refractivity contribution is 7.98. The lowest BCUT2D eigenvalue weighted by Gasteiger charge is -2.12. The largest absolute Gasteiger partial charge is 0.480 e. The summed E-state index contributed by atoms with van der Waals surface area (Å²) in [6.45, 7) is 1.26. The van der Waals surface area contributed by atoms with Crippen LogP contribution in [0.15, 0.2) is 24.3 Å². The molecule has 0 saturated carbocycles. The lowest BCUT2D eigenvalue weighted by atomic mass is 10.2. The Bertz CT molecular complexity index is 503. The van der Waals surface area contributed by atoms with Crippen LogP contribution in [0.4, 0.5) is 5.69 Å². The van der Waals surface area contributed by atoms with Crippen LogP contribution in [0, 0.1) is 10.1 Å². The van der Waals surface area contributed by atoms with Crippen LogP contribution in [-0.4, -0.2) is 33.7 Å². The van der Waals surface area contributed by atoms with E-state index in [0.29, 0.717) is 5.75 Å². The van der Waals surface area contributed by atoms with E-state index in [0.717, 1.165) is 5.56 Å². The Hall–Kier alpha value is -2.09. The second-order valence-electron chi connectivity index (χ2n) is 4.03. The van der Waals surface area contributed by atoms with Gasteiger partial charge in [-0.05, 0) is 5.56 Å². The molecule has 1 amide bonds. The third-order valence-electron chi connectivity index (χ3n) is 2.38. The van der Waals surface area contributed by atoms with E-state index in [9.17, 15) is 19.7 Å². The average Bonchev–Trinajstić information content (AvgIpc) is 2.37. The summed E-state index contributed by atoms with van der Waals surface area (Å²) in [5.74, 6) is -0.738. The fraction of sp³-hybridized carbons (Fsp3) is 0.333. The van der Waals surface area contributed by atoms with E-state index in [-0.39, 0.29) is 11.4 Å². The first kappa shape index (κ1) is 16.0. The molecule has 0 aromatic heterocycles. The van der Waals surface area contributed by atoms with E-state index in [4.69, 9.17) is 5.11 Å². The van der Waals surface area contributed by atoms with Crippen LogP contribution < -0.4 is 5.32 Å². The molecule has 1 aromatic carbocycles. The van der Waals surface area contributed by atoms with Crippen molar-refractivity contribution in [3.8, 4) is 0 Å². The zero-order chi connectivity index (χ0) is 15.1. The Morgan fingerprint density at radius 1 is 1.40 bits per heavy atom. The minimum Gasteiger partial charge on any atom is -0.480 e. The molecule has 0 aliphatic carbocycles. The minimum atomic E-state index is -1.09. The summed E-state index contributed by atoms with van der Waals surface area (Å²) in [6.07, 6.45) is 0. The number of carboxylic acid groups (broad SMARTS) is 1. The van der Waals surface area contributed by atoms with Gasteiger partial charge in [0.25, 0.3) is 5.69 Å².